The number of ether oxygens (including phenoxy) is 1. The molecule has 6 nitrogen and oxygen atoms in total. The predicted molar refractivity (Wildman–Crippen MR) is 68.1 cm³/mol. The first kappa shape index (κ1) is 13.5. The second-order valence-electron chi connectivity index (χ2n) is 4.35. The summed E-state index contributed by atoms with van der Waals surface area (Å²) in [6, 6.07) is 5.40. The molecule has 0 radical (unpaired) electrons. The van der Waals surface area contributed by atoms with Gasteiger partial charge in [0, 0.05) is 19.3 Å². The lowest BCUT2D eigenvalue weighted by atomic mass is 10.2. The second-order valence-corrected chi connectivity index (χ2v) is 4.35. The maximum Gasteiger partial charge on any atom is 0.309 e. The number of amides is 2. The number of nitrogens with one attached hydrogen (secondary N) is 2. The maximum atomic E-state index is 11.5. The Labute approximate surface area is 111 Å². The first-order valence-corrected chi connectivity index (χ1v) is 6.33. The third-order valence-electron chi connectivity index (χ3n) is 2.88. The molecule has 2 rings (SSSR count). The van der Waals surface area contributed by atoms with Crippen molar-refractivity contribution in [2.24, 2.45) is 0 Å². The van der Waals surface area contributed by atoms with E-state index in [2.05, 4.69) is 15.6 Å². The molecule has 1 atom stereocenters. The molecule has 0 unspecified atom stereocenters. The van der Waals surface area contributed by atoms with Crippen LogP contribution in [-0.4, -0.2) is 36.1 Å². The molecule has 0 aromatic carbocycles. The Bertz CT molecular complexity index is 430. The number of hydrogen-bond acceptors (Lipinski definition) is 4. The van der Waals surface area contributed by atoms with Crippen LogP contribution in [0.5, 0.6) is 0 Å². The molecule has 1 saturated heterocycles. The molecular weight excluding hydrogens is 246 g/mol. The molecule has 1 aliphatic rings. The van der Waals surface area contributed by atoms with Crippen molar-refractivity contribution in [2.45, 2.75) is 25.5 Å². The van der Waals surface area contributed by atoms with E-state index < -0.39 is 11.8 Å². The second kappa shape index (κ2) is 6.84. The minimum absolute atomic E-state index is 0.0348. The van der Waals surface area contributed by atoms with Gasteiger partial charge >= 0.3 is 11.8 Å². The molecule has 0 saturated carbocycles. The standard InChI is InChI=1S/C13H17N3O3/c17-12(15-8-10-4-1-2-6-14-10)13(18)16-9-11-5-3-7-19-11/h1-2,4,6,11H,3,5,7-9H2,(H,15,17)(H,16,18)/t11-/m1/s1. The zero-order valence-electron chi connectivity index (χ0n) is 10.6. The van der Waals surface area contributed by atoms with Gasteiger partial charge in [0.25, 0.3) is 0 Å². The molecule has 1 fully saturated rings. The van der Waals surface area contributed by atoms with Crippen molar-refractivity contribution in [3.8, 4) is 0 Å². The zero-order valence-corrected chi connectivity index (χ0v) is 10.6. The van der Waals surface area contributed by atoms with Gasteiger partial charge in [-0.05, 0) is 25.0 Å². The Morgan fingerprint density at radius 1 is 1.32 bits per heavy atom. The van der Waals surface area contributed by atoms with Crippen LogP contribution in [0.25, 0.3) is 0 Å². The van der Waals surface area contributed by atoms with E-state index in [1.165, 1.54) is 0 Å². The van der Waals surface area contributed by atoms with Crippen LogP contribution in [0, 0.1) is 0 Å². The maximum absolute atomic E-state index is 11.5. The topological polar surface area (TPSA) is 80.3 Å². The van der Waals surface area contributed by atoms with Crippen LogP contribution >= 0.6 is 0 Å². The third-order valence-corrected chi connectivity index (χ3v) is 2.88. The number of rotatable bonds is 4. The molecular formula is C13H17N3O3. The Morgan fingerprint density at radius 2 is 2.16 bits per heavy atom. The SMILES string of the molecule is O=C(NCc1ccccn1)C(=O)NC[C@H]1CCCO1. The van der Waals surface area contributed by atoms with Gasteiger partial charge in [-0.15, -0.1) is 0 Å². The zero-order chi connectivity index (χ0) is 13.5. The van der Waals surface area contributed by atoms with Gasteiger partial charge in [0.2, 0.25) is 0 Å². The summed E-state index contributed by atoms with van der Waals surface area (Å²) in [6.45, 7) is 1.36. The van der Waals surface area contributed by atoms with E-state index in [9.17, 15) is 9.59 Å². The number of carbonyl (C=O) groups is 2. The molecule has 0 spiro atoms. The smallest absolute Gasteiger partial charge is 0.309 e. The molecule has 6 heteroatoms. The monoisotopic (exact) mass is 263 g/mol. The molecule has 102 valence electrons. The molecule has 1 aromatic heterocycles. The quantitative estimate of drug-likeness (QED) is 0.749. The molecule has 2 heterocycles. The summed E-state index contributed by atoms with van der Waals surface area (Å²) < 4.78 is 5.36. The first-order chi connectivity index (χ1) is 9.25. The van der Waals surface area contributed by atoms with E-state index in [1.807, 2.05) is 6.07 Å². The summed E-state index contributed by atoms with van der Waals surface area (Å²) >= 11 is 0. The third kappa shape index (κ3) is 4.33. The fourth-order valence-corrected chi connectivity index (χ4v) is 1.85. The van der Waals surface area contributed by atoms with Crippen molar-refractivity contribution in [3.63, 3.8) is 0 Å². The van der Waals surface area contributed by atoms with Crippen LogP contribution in [-0.2, 0) is 20.9 Å². The van der Waals surface area contributed by atoms with E-state index in [4.69, 9.17) is 4.74 Å². The van der Waals surface area contributed by atoms with Crippen LogP contribution in [0.15, 0.2) is 24.4 Å². The molecule has 0 aliphatic carbocycles. The minimum atomic E-state index is -0.649. The lowest BCUT2D eigenvalue weighted by Gasteiger charge is -2.10. The van der Waals surface area contributed by atoms with Crippen molar-refractivity contribution < 1.29 is 14.3 Å². The molecule has 1 aromatic rings. The first-order valence-electron chi connectivity index (χ1n) is 6.33. The summed E-state index contributed by atoms with van der Waals surface area (Å²) in [5.41, 5.74) is 0.711. The Kier molecular flexibility index (Phi) is 4.85. The number of nitrogens with zero attached hydrogens (tertiary/aromatic N) is 1. The largest absolute Gasteiger partial charge is 0.376 e. The fraction of sp³-hybridized carbons (Fsp3) is 0.462. The highest BCUT2D eigenvalue weighted by atomic mass is 16.5. The number of carbonyl (C=O) groups excluding carboxylic acids is 2. The van der Waals surface area contributed by atoms with Gasteiger partial charge in [-0.1, -0.05) is 6.07 Å². The summed E-state index contributed by atoms with van der Waals surface area (Å²) in [5.74, 6) is -1.28. The average Bonchev–Trinajstić information content (AvgIpc) is 2.96. The van der Waals surface area contributed by atoms with Crippen molar-refractivity contribution in [3.05, 3.63) is 30.1 Å². The molecule has 2 amide bonds. The summed E-state index contributed by atoms with van der Waals surface area (Å²) in [7, 11) is 0. The van der Waals surface area contributed by atoms with Gasteiger partial charge in [0.1, 0.15) is 0 Å². The van der Waals surface area contributed by atoms with Crippen LogP contribution in [0.1, 0.15) is 18.5 Å². The number of pyridine rings is 1. The van der Waals surface area contributed by atoms with Crippen LogP contribution < -0.4 is 10.6 Å². The van der Waals surface area contributed by atoms with E-state index >= 15 is 0 Å². The molecule has 2 N–H and O–H groups in total. The van der Waals surface area contributed by atoms with Crippen molar-refractivity contribution in [1.29, 1.82) is 0 Å². The summed E-state index contributed by atoms with van der Waals surface area (Å²) in [6.07, 6.45) is 3.61. The van der Waals surface area contributed by atoms with Gasteiger partial charge in [-0.2, -0.15) is 0 Å². The highest BCUT2D eigenvalue weighted by molar-refractivity contribution is 6.35. The van der Waals surface area contributed by atoms with E-state index in [1.54, 1.807) is 18.3 Å². The van der Waals surface area contributed by atoms with Gasteiger partial charge in [-0.25, -0.2) is 0 Å². The number of hydrogen-bond donors (Lipinski definition) is 2. The van der Waals surface area contributed by atoms with Gasteiger partial charge in [0.05, 0.1) is 18.3 Å². The lowest BCUT2D eigenvalue weighted by molar-refractivity contribution is -0.139. The van der Waals surface area contributed by atoms with Gasteiger partial charge < -0.3 is 15.4 Å². The number of aromatic nitrogens is 1. The summed E-state index contributed by atoms with van der Waals surface area (Å²) in [5, 5.41) is 5.08. The van der Waals surface area contributed by atoms with Gasteiger partial charge in [0.15, 0.2) is 0 Å². The normalized spacial score (nSPS) is 18.0. The average molecular weight is 263 g/mol. The minimum Gasteiger partial charge on any atom is -0.376 e. The molecule has 1 aliphatic heterocycles. The van der Waals surface area contributed by atoms with Crippen molar-refractivity contribution >= 4 is 11.8 Å². The van der Waals surface area contributed by atoms with Crippen LogP contribution in [0.3, 0.4) is 0 Å². The summed E-state index contributed by atoms with van der Waals surface area (Å²) in [4.78, 5) is 27.1. The van der Waals surface area contributed by atoms with E-state index in [0.717, 1.165) is 19.4 Å². The van der Waals surface area contributed by atoms with Gasteiger partial charge in [-0.3, -0.25) is 14.6 Å². The Morgan fingerprint density at radius 3 is 2.84 bits per heavy atom. The van der Waals surface area contributed by atoms with E-state index in [0.29, 0.717) is 12.2 Å². The fourth-order valence-electron chi connectivity index (χ4n) is 1.85. The van der Waals surface area contributed by atoms with Crippen molar-refractivity contribution in [2.75, 3.05) is 13.2 Å². The van der Waals surface area contributed by atoms with E-state index in [-0.39, 0.29) is 12.6 Å². The highest BCUT2D eigenvalue weighted by Crippen LogP contribution is 2.10. The lowest BCUT2D eigenvalue weighted by Crippen LogP contribution is -2.42. The Hall–Kier alpha value is -1.95. The highest BCUT2D eigenvalue weighted by Gasteiger charge is 2.18. The molecule has 19 heavy (non-hydrogen) atoms. The Balaban J connectivity index is 1.68. The predicted octanol–water partition coefficient (Wildman–Crippen LogP) is -0.00700. The molecule has 0 bridgehead atoms. The van der Waals surface area contributed by atoms with Crippen LogP contribution in [0.2, 0.25) is 0 Å². The van der Waals surface area contributed by atoms with Crippen LogP contribution in [0.4, 0.5) is 0 Å². The van der Waals surface area contributed by atoms with Crippen molar-refractivity contribution in [1.82, 2.24) is 15.6 Å².